The summed E-state index contributed by atoms with van der Waals surface area (Å²) in [4.78, 5) is 0. The molecule has 10 atom stereocenters. The monoisotopic (exact) mass is 423 g/mol. The first-order valence-electron chi connectivity index (χ1n) is 13.1. The van der Waals surface area contributed by atoms with E-state index in [0.29, 0.717) is 29.2 Å². The van der Waals surface area contributed by atoms with Gasteiger partial charge in [0.15, 0.2) is 0 Å². The maximum absolute atomic E-state index is 11.3. The van der Waals surface area contributed by atoms with E-state index in [-0.39, 0.29) is 17.6 Å². The van der Waals surface area contributed by atoms with E-state index >= 15 is 0 Å². The highest BCUT2D eigenvalue weighted by atomic mass is 16.3. The Balaban J connectivity index is 1.31. The minimum atomic E-state index is -0.194. The molecule has 3 N–H and O–H groups in total. The molecule has 3 heteroatoms. The number of hydrogen-bond acceptors (Lipinski definition) is 3. The maximum Gasteiger partial charge on any atom is 0.0596 e. The molecule has 4 fully saturated rings. The average molecular weight is 424 g/mol. The first kappa shape index (κ1) is 20.7. The Morgan fingerprint density at radius 2 is 1.71 bits per heavy atom. The lowest BCUT2D eigenvalue weighted by Gasteiger charge is -2.62. The number of aliphatic hydroxyl groups excluding tert-OH is 2. The Morgan fingerprint density at radius 3 is 2.58 bits per heavy atom. The van der Waals surface area contributed by atoms with Crippen molar-refractivity contribution in [2.24, 2.45) is 40.4 Å². The largest absolute Gasteiger partial charge is 0.393 e. The van der Waals surface area contributed by atoms with E-state index in [9.17, 15) is 10.2 Å². The van der Waals surface area contributed by atoms with Gasteiger partial charge < -0.3 is 15.5 Å². The van der Waals surface area contributed by atoms with Crippen molar-refractivity contribution in [3.63, 3.8) is 0 Å². The first-order chi connectivity index (χ1) is 14.9. The van der Waals surface area contributed by atoms with Crippen LogP contribution in [-0.2, 0) is 6.42 Å². The smallest absolute Gasteiger partial charge is 0.0596 e. The SMILES string of the molecule is C[C@]12C[C@H](C3NCCc4ccccc43)[C@@H](O)C[C@@H]1CC[C@@H]1[C@@H]2CC[C@]2(C)[C@@H](O)CC[C@@H]12. The highest BCUT2D eigenvalue weighted by Crippen LogP contribution is 2.67. The fourth-order valence-electron chi connectivity index (χ4n) is 9.58. The minimum absolute atomic E-state index is 0.0900. The molecule has 0 aromatic heterocycles. The molecule has 1 aromatic rings. The van der Waals surface area contributed by atoms with Crippen LogP contribution in [0.25, 0.3) is 0 Å². The van der Waals surface area contributed by atoms with Crippen LogP contribution in [0, 0.1) is 40.4 Å². The van der Waals surface area contributed by atoms with E-state index in [2.05, 4.69) is 43.4 Å². The lowest BCUT2D eigenvalue weighted by Crippen LogP contribution is -2.57. The predicted molar refractivity (Wildman–Crippen MR) is 124 cm³/mol. The van der Waals surface area contributed by atoms with Crippen molar-refractivity contribution in [1.29, 1.82) is 0 Å². The van der Waals surface area contributed by atoms with Gasteiger partial charge in [-0.1, -0.05) is 38.1 Å². The van der Waals surface area contributed by atoms with E-state index in [0.717, 1.165) is 44.1 Å². The van der Waals surface area contributed by atoms with Crippen LogP contribution < -0.4 is 5.32 Å². The molecule has 0 saturated heterocycles. The van der Waals surface area contributed by atoms with Gasteiger partial charge in [0.2, 0.25) is 0 Å². The fourth-order valence-corrected chi connectivity index (χ4v) is 9.58. The second-order valence-electron chi connectivity index (χ2n) is 12.3. The quantitative estimate of drug-likeness (QED) is 0.604. The second kappa shape index (κ2) is 7.30. The molecule has 1 aromatic carbocycles. The second-order valence-corrected chi connectivity index (χ2v) is 12.3. The first-order valence-corrected chi connectivity index (χ1v) is 13.1. The number of aliphatic hydroxyl groups is 2. The van der Waals surface area contributed by atoms with Crippen LogP contribution in [0.1, 0.15) is 82.4 Å². The van der Waals surface area contributed by atoms with Gasteiger partial charge in [-0.3, -0.25) is 0 Å². The van der Waals surface area contributed by atoms with Gasteiger partial charge in [-0.2, -0.15) is 0 Å². The summed E-state index contributed by atoms with van der Waals surface area (Å²) >= 11 is 0. The van der Waals surface area contributed by atoms with Crippen LogP contribution in [0.15, 0.2) is 24.3 Å². The highest BCUT2D eigenvalue weighted by Gasteiger charge is 2.61. The fraction of sp³-hybridized carbons (Fsp3) is 0.786. The van der Waals surface area contributed by atoms with E-state index in [1.165, 1.54) is 43.2 Å². The van der Waals surface area contributed by atoms with Gasteiger partial charge in [0.1, 0.15) is 0 Å². The third-order valence-electron chi connectivity index (χ3n) is 11.3. The zero-order chi connectivity index (χ0) is 21.4. The lowest BCUT2D eigenvalue weighted by atomic mass is 9.43. The Morgan fingerprint density at radius 1 is 0.903 bits per heavy atom. The van der Waals surface area contributed by atoms with Crippen LogP contribution in [0.5, 0.6) is 0 Å². The molecule has 0 radical (unpaired) electrons. The van der Waals surface area contributed by atoms with Crippen molar-refractivity contribution in [3.05, 3.63) is 35.4 Å². The van der Waals surface area contributed by atoms with Crippen molar-refractivity contribution in [1.82, 2.24) is 5.32 Å². The van der Waals surface area contributed by atoms with E-state index < -0.39 is 0 Å². The Hall–Kier alpha value is -0.900. The molecule has 6 rings (SSSR count). The summed E-state index contributed by atoms with van der Waals surface area (Å²) in [7, 11) is 0. The van der Waals surface area contributed by atoms with E-state index in [1.54, 1.807) is 0 Å². The molecule has 5 aliphatic rings. The lowest BCUT2D eigenvalue weighted by molar-refractivity contribution is -0.152. The summed E-state index contributed by atoms with van der Waals surface area (Å²) in [5, 5.41) is 25.9. The van der Waals surface area contributed by atoms with Crippen LogP contribution in [-0.4, -0.2) is 29.0 Å². The number of nitrogens with one attached hydrogen (secondary N) is 1. The molecule has 1 aliphatic heterocycles. The summed E-state index contributed by atoms with van der Waals surface area (Å²) in [5.74, 6) is 3.22. The molecule has 1 heterocycles. The number of fused-ring (bicyclic) bond motifs is 6. The third kappa shape index (κ3) is 2.95. The Kier molecular flexibility index (Phi) is 4.87. The number of hydrogen-bond donors (Lipinski definition) is 3. The highest BCUT2D eigenvalue weighted by molar-refractivity contribution is 5.33. The molecule has 3 nitrogen and oxygen atoms in total. The van der Waals surface area contributed by atoms with Gasteiger partial charge in [0.05, 0.1) is 12.2 Å². The summed E-state index contributed by atoms with van der Waals surface area (Å²) in [6.45, 7) is 6.00. The van der Waals surface area contributed by atoms with Crippen LogP contribution in [0.4, 0.5) is 0 Å². The molecule has 170 valence electrons. The van der Waals surface area contributed by atoms with Crippen LogP contribution in [0.2, 0.25) is 0 Å². The molecular formula is C28H41NO2. The van der Waals surface area contributed by atoms with Crippen molar-refractivity contribution in [2.45, 2.75) is 89.9 Å². The standard InChI is InChI=1S/C28H41NO2/c1-27-13-11-23-20(22(27)9-10-25(27)31)8-7-18-15-24(30)21(16-28(18,23)2)26-19-6-4-3-5-17(19)12-14-29-26/h3-6,18,20-26,29-31H,7-16H2,1-2H3/t18-,20-,21-,22-,23-,24-,25-,26?,27-,28-/m0/s1. The topological polar surface area (TPSA) is 52.5 Å². The molecule has 4 saturated carbocycles. The molecule has 0 spiro atoms. The normalized spacial score (nSPS) is 51.4. The van der Waals surface area contributed by atoms with E-state index in [1.807, 2.05) is 0 Å². The molecular weight excluding hydrogens is 382 g/mol. The van der Waals surface area contributed by atoms with Gasteiger partial charge >= 0.3 is 0 Å². The average Bonchev–Trinajstić information content (AvgIpc) is 3.08. The summed E-state index contributed by atoms with van der Waals surface area (Å²) in [6.07, 6.45) is 10.2. The van der Waals surface area contributed by atoms with Crippen molar-refractivity contribution >= 4 is 0 Å². The van der Waals surface area contributed by atoms with Gasteiger partial charge in [-0.05, 0) is 110 Å². The Bertz CT molecular complexity index is 840. The van der Waals surface area contributed by atoms with Gasteiger partial charge in [-0.25, -0.2) is 0 Å². The predicted octanol–water partition coefficient (Wildman–Crippen LogP) is 4.86. The van der Waals surface area contributed by atoms with Gasteiger partial charge in [0.25, 0.3) is 0 Å². The molecule has 0 amide bonds. The van der Waals surface area contributed by atoms with Crippen molar-refractivity contribution in [3.8, 4) is 0 Å². The Labute approximate surface area is 188 Å². The van der Waals surface area contributed by atoms with E-state index in [4.69, 9.17) is 0 Å². The number of rotatable bonds is 1. The minimum Gasteiger partial charge on any atom is -0.393 e. The summed E-state index contributed by atoms with van der Waals surface area (Å²) in [5.41, 5.74) is 3.39. The molecule has 1 unspecified atom stereocenters. The summed E-state index contributed by atoms with van der Waals surface area (Å²) in [6, 6.07) is 9.20. The molecule has 4 aliphatic carbocycles. The van der Waals surface area contributed by atoms with Crippen molar-refractivity contribution in [2.75, 3.05) is 6.54 Å². The van der Waals surface area contributed by atoms with Gasteiger partial charge in [-0.15, -0.1) is 0 Å². The van der Waals surface area contributed by atoms with Crippen molar-refractivity contribution < 1.29 is 10.2 Å². The third-order valence-corrected chi connectivity index (χ3v) is 11.3. The number of benzene rings is 1. The molecule has 0 bridgehead atoms. The zero-order valence-electron chi connectivity index (χ0n) is 19.4. The van der Waals surface area contributed by atoms with Crippen LogP contribution in [0.3, 0.4) is 0 Å². The van der Waals surface area contributed by atoms with Gasteiger partial charge in [0, 0.05) is 12.0 Å². The summed E-state index contributed by atoms with van der Waals surface area (Å²) < 4.78 is 0. The molecule has 31 heavy (non-hydrogen) atoms. The zero-order valence-corrected chi connectivity index (χ0v) is 19.4. The maximum atomic E-state index is 11.3. The van der Waals surface area contributed by atoms with Crippen LogP contribution >= 0.6 is 0 Å².